The van der Waals surface area contributed by atoms with Gasteiger partial charge in [0.25, 0.3) is 0 Å². The van der Waals surface area contributed by atoms with Crippen LogP contribution in [-0.2, 0) is 6.54 Å². The molecule has 0 aliphatic carbocycles. The Bertz CT molecular complexity index is 546. The molecule has 1 N–H and O–H groups in total. The van der Waals surface area contributed by atoms with Gasteiger partial charge in [-0.25, -0.2) is 0 Å². The highest BCUT2D eigenvalue weighted by Crippen LogP contribution is 2.26. The molecule has 1 fully saturated rings. The van der Waals surface area contributed by atoms with Crippen molar-refractivity contribution in [3.8, 4) is 0 Å². The number of fused-ring (bicyclic) bond motifs is 1. The molecule has 18 heavy (non-hydrogen) atoms. The first-order valence-electron chi connectivity index (χ1n) is 6.67. The second kappa shape index (κ2) is 4.75. The van der Waals surface area contributed by atoms with E-state index in [0.717, 1.165) is 37.5 Å². The van der Waals surface area contributed by atoms with E-state index in [4.69, 9.17) is 4.42 Å². The molecule has 0 bridgehead atoms. The van der Waals surface area contributed by atoms with Crippen molar-refractivity contribution in [2.75, 3.05) is 19.6 Å². The maximum absolute atomic E-state index is 5.83. The van der Waals surface area contributed by atoms with Crippen molar-refractivity contribution in [1.29, 1.82) is 0 Å². The van der Waals surface area contributed by atoms with E-state index in [0.29, 0.717) is 6.04 Å². The van der Waals surface area contributed by atoms with Gasteiger partial charge >= 0.3 is 0 Å². The molecule has 1 aromatic heterocycles. The first kappa shape index (κ1) is 11.8. The van der Waals surface area contributed by atoms with E-state index < -0.39 is 0 Å². The van der Waals surface area contributed by atoms with Crippen LogP contribution in [0.5, 0.6) is 0 Å². The molecule has 1 aliphatic heterocycles. The molecular weight excluding hydrogens is 224 g/mol. The summed E-state index contributed by atoms with van der Waals surface area (Å²) in [6.07, 6.45) is 0. The summed E-state index contributed by atoms with van der Waals surface area (Å²) in [6.45, 7) is 8.61. The molecule has 3 rings (SSSR count). The molecule has 0 amide bonds. The maximum Gasteiger partial charge on any atom is 0.134 e. The largest absolute Gasteiger partial charge is 0.461 e. The average Bonchev–Trinajstić information content (AvgIpc) is 2.66. The molecule has 1 saturated heterocycles. The molecule has 3 nitrogen and oxygen atoms in total. The van der Waals surface area contributed by atoms with E-state index in [1.54, 1.807) is 0 Å². The Kier molecular flexibility index (Phi) is 3.10. The SMILES string of the molecule is Cc1oc2ccccc2c1CN1CCNC(C)C1. The zero-order chi connectivity index (χ0) is 12.5. The van der Waals surface area contributed by atoms with Crippen LogP contribution in [0.1, 0.15) is 18.2 Å². The Morgan fingerprint density at radius 3 is 3.06 bits per heavy atom. The highest BCUT2D eigenvalue weighted by atomic mass is 16.3. The summed E-state index contributed by atoms with van der Waals surface area (Å²) >= 11 is 0. The van der Waals surface area contributed by atoms with Crippen LogP contribution >= 0.6 is 0 Å². The van der Waals surface area contributed by atoms with E-state index in [-0.39, 0.29) is 0 Å². The van der Waals surface area contributed by atoms with Gasteiger partial charge in [0.15, 0.2) is 0 Å². The number of hydrogen-bond acceptors (Lipinski definition) is 3. The molecule has 96 valence electrons. The van der Waals surface area contributed by atoms with E-state index in [1.807, 2.05) is 12.1 Å². The average molecular weight is 244 g/mol. The Morgan fingerprint density at radius 2 is 2.22 bits per heavy atom. The first-order chi connectivity index (χ1) is 8.74. The fourth-order valence-corrected chi connectivity index (χ4v) is 2.80. The number of para-hydroxylation sites is 1. The monoisotopic (exact) mass is 244 g/mol. The molecule has 0 spiro atoms. The summed E-state index contributed by atoms with van der Waals surface area (Å²) in [6, 6.07) is 8.90. The van der Waals surface area contributed by atoms with Gasteiger partial charge in [-0.3, -0.25) is 4.90 Å². The minimum atomic E-state index is 0.581. The number of hydrogen-bond donors (Lipinski definition) is 1. The molecule has 1 atom stereocenters. The smallest absolute Gasteiger partial charge is 0.134 e. The lowest BCUT2D eigenvalue weighted by molar-refractivity contribution is 0.199. The molecule has 1 aliphatic rings. The summed E-state index contributed by atoms with van der Waals surface area (Å²) in [5.41, 5.74) is 2.35. The zero-order valence-corrected chi connectivity index (χ0v) is 11.1. The fourth-order valence-electron chi connectivity index (χ4n) is 2.80. The van der Waals surface area contributed by atoms with E-state index in [2.05, 4.69) is 36.2 Å². The standard InChI is InChI=1S/C15H20N2O/c1-11-9-17(8-7-16-11)10-14-12(2)18-15-6-4-3-5-13(14)15/h3-6,11,16H,7-10H2,1-2H3. The Balaban J connectivity index is 1.87. The molecule has 2 aromatic rings. The minimum absolute atomic E-state index is 0.581. The first-order valence-corrected chi connectivity index (χ1v) is 6.67. The molecule has 1 aromatic carbocycles. The zero-order valence-electron chi connectivity index (χ0n) is 11.1. The van der Waals surface area contributed by atoms with Crippen molar-refractivity contribution in [2.24, 2.45) is 0 Å². The van der Waals surface area contributed by atoms with E-state index in [9.17, 15) is 0 Å². The van der Waals surface area contributed by atoms with Gasteiger partial charge in [0.2, 0.25) is 0 Å². The number of rotatable bonds is 2. The third-order valence-electron chi connectivity index (χ3n) is 3.73. The summed E-state index contributed by atoms with van der Waals surface area (Å²) in [7, 11) is 0. The van der Waals surface area contributed by atoms with Crippen LogP contribution in [0.15, 0.2) is 28.7 Å². The second-order valence-corrected chi connectivity index (χ2v) is 5.22. The predicted molar refractivity (Wildman–Crippen MR) is 73.7 cm³/mol. The number of piperazine rings is 1. The van der Waals surface area contributed by atoms with Crippen LogP contribution in [0.3, 0.4) is 0 Å². The lowest BCUT2D eigenvalue weighted by Crippen LogP contribution is -2.48. The van der Waals surface area contributed by atoms with Gasteiger partial charge in [-0.1, -0.05) is 18.2 Å². The number of benzene rings is 1. The highest BCUT2D eigenvalue weighted by Gasteiger charge is 2.19. The molecule has 3 heteroatoms. The summed E-state index contributed by atoms with van der Waals surface area (Å²) in [4.78, 5) is 2.51. The fraction of sp³-hybridized carbons (Fsp3) is 0.467. The third kappa shape index (κ3) is 2.16. The normalized spacial score (nSPS) is 21.6. The van der Waals surface area contributed by atoms with Crippen LogP contribution < -0.4 is 5.32 Å². The van der Waals surface area contributed by atoms with Crippen molar-refractivity contribution < 1.29 is 4.42 Å². The molecule has 0 radical (unpaired) electrons. The van der Waals surface area contributed by atoms with Gasteiger partial charge in [0.05, 0.1) is 0 Å². The van der Waals surface area contributed by atoms with Gasteiger partial charge in [-0.2, -0.15) is 0 Å². The van der Waals surface area contributed by atoms with Gasteiger partial charge in [-0.05, 0) is 19.9 Å². The second-order valence-electron chi connectivity index (χ2n) is 5.22. The lowest BCUT2D eigenvalue weighted by atomic mass is 10.1. The van der Waals surface area contributed by atoms with Crippen LogP contribution in [-0.4, -0.2) is 30.6 Å². The summed E-state index contributed by atoms with van der Waals surface area (Å²) < 4.78 is 5.83. The maximum atomic E-state index is 5.83. The van der Waals surface area contributed by atoms with E-state index in [1.165, 1.54) is 10.9 Å². The predicted octanol–water partition coefficient (Wildman–Crippen LogP) is 2.53. The van der Waals surface area contributed by atoms with Gasteiger partial charge in [-0.15, -0.1) is 0 Å². The third-order valence-corrected chi connectivity index (χ3v) is 3.73. The Morgan fingerprint density at radius 1 is 1.39 bits per heavy atom. The number of nitrogens with one attached hydrogen (secondary N) is 1. The summed E-state index contributed by atoms with van der Waals surface area (Å²) in [5.74, 6) is 1.06. The quantitative estimate of drug-likeness (QED) is 0.880. The van der Waals surface area contributed by atoms with Crippen molar-refractivity contribution in [3.63, 3.8) is 0 Å². The van der Waals surface area contributed by atoms with Crippen molar-refractivity contribution in [1.82, 2.24) is 10.2 Å². The minimum Gasteiger partial charge on any atom is -0.461 e. The number of furan rings is 1. The molecule has 0 saturated carbocycles. The summed E-state index contributed by atoms with van der Waals surface area (Å²) in [5, 5.41) is 4.74. The Labute approximate surface area is 108 Å². The molecule has 1 unspecified atom stereocenters. The highest BCUT2D eigenvalue weighted by molar-refractivity contribution is 5.82. The lowest BCUT2D eigenvalue weighted by Gasteiger charge is -2.31. The van der Waals surface area contributed by atoms with Crippen LogP contribution in [0.2, 0.25) is 0 Å². The van der Waals surface area contributed by atoms with Gasteiger partial charge in [0.1, 0.15) is 11.3 Å². The van der Waals surface area contributed by atoms with Gasteiger partial charge in [0, 0.05) is 43.2 Å². The Hall–Kier alpha value is -1.32. The van der Waals surface area contributed by atoms with Crippen molar-refractivity contribution in [2.45, 2.75) is 26.4 Å². The number of nitrogens with zero attached hydrogens (tertiary/aromatic N) is 1. The molecule has 2 heterocycles. The van der Waals surface area contributed by atoms with Crippen LogP contribution in [0.25, 0.3) is 11.0 Å². The molecular formula is C15H20N2O. The topological polar surface area (TPSA) is 28.4 Å². The van der Waals surface area contributed by atoms with Crippen LogP contribution in [0.4, 0.5) is 0 Å². The van der Waals surface area contributed by atoms with Crippen molar-refractivity contribution in [3.05, 3.63) is 35.6 Å². The van der Waals surface area contributed by atoms with E-state index >= 15 is 0 Å². The van der Waals surface area contributed by atoms with Crippen LogP contribution in [0, 0.1) is 6.92 Å². The number of aryl methyl sites for hydroxylation is 1. The van der Waals surface area contributed by atoms with Gasteiger partial charge < -0.3 is 9.73 Å². The van der Waals surface area contributed by atoms with Crippen molar-refractivity contribution >= 4 is 11.0 Å².